The van der Waals surface area contributed by atoms with E-state index in [1.807, 2.05) is 35.6 Å². The second kappa shape index (κ2) is 7.22. The summed E-state index contributed by atoms with van der Waals surface area (Å²) in [5, 5.41) is 7.67. The third-order valence-electron chi connectivity index (χ3n) is 4.74. The van der Waals surface area contributed by atoms with Gasteiger partial charge in [0.05, 0.1) is 17.8 Å². The highest BCUT2D eigenvalue weighted by Crippen LogP contribution is 2.21. The molecule has 140 valence electrons. The molecule has 3 aromatic heterocycles. The van der Waals surface area contributed by atoms with Gasteiger partial charge in [0.1, 0.15) is 11.5 Å². The average Bonchev–Trinajstić information content (AvgIpc) is 3.19. The molecular weight excluding hydrogens is 344 g/mol. The minimum atomic E-state index is -0.0139. The Kier molecular flexibility index (Phi) is 4.62. The Hall–Kier alpha value is -3.16. The largest absolute Gasteiger partial charge is 0.466 e. The summed E-state index contributed by atoms with van der Waals surface area (Å²) in [6.07, 6.45) is 5.18. The molecule has 0 saturated heterocycles. The molecule has 1 N–H and O–H groups in total. The number of furan rings is 1. The highest BCUT2D eigenvalue weighted by atomic mass is 16.3. The summed E-state index contributed by atoms with van der Waals surface area (Å²) in [5.41, 5.74) is 1.65. The molecule has 0 radical (unpaired) electrons. The first kappa shape index (κ1) is 17.3. The summed E-state index contributed by atoms with van der Waals surface area (Å²) < 4.78 is 7.52. The quantitative estimate of drug-likeness (QED) is 0.762. The first-order valence-electron chi connectivity index (χ1n) is 8.98. The fraction of sp³-hybridized carbons (Fsp3) is 0.368. The van der Waals surface area contributed by atoms with Gasteiger partial charge in [0, 0.05) is 44.1 Å². The van der Waals surface area contributed by atoms with E-state index in [0.717, 1.165) is 18.0 Å². The van der Waals surface area contributed by atoms with Gasteiger partial charge in [-0.15, -0.1) is 0 Å². The Morgan fingerprint density at radius 1 is 1.26 bits per heavy atom. The van der Waals surface area contributed by atoms with Crippen LogP contribution in [0.4, 0.5) is 5.95 Å². The van der Waals surface area contributed by atoms with E-state index >= 15 is 0 Å². The second-order valence-electron chi connectivity index (χ2n) is 6.84. The molecule has 0 saturated carbocycles. The van der Waals surface area contributed by atoms with Crippen LogP contribution in [0.1, 0.15) is 27.6 Å². The Balaban J connectivity index is 1.54. The van der Waals surface area contributed by atoms with Gasteiger partial charge >= 0.3 is 0 Å². The monoisotopic (exact) mass is 366 g/mol. The molecule has 3 aromatic rings. The number of aromatic nitrogens is 4. The average molecular weight is 366 g/mol. The Morgan fingerprint density at radius 2 is 2.07 bits per heavy atom. The Morgan fingerprint density at radius 3 is 2.81 bits per heavy atom. The maximum atomic E-state index is 13.1. The lowest BCUT2D eigenvalue weighted by Crippen LogP contribution is -2.36. The summed E-state index contributed by atoms with van der Waals surface area (Å²) >= 11 is 0. The van der Waals surface area contributed by atoms with E-state index in [-0.39, 0.29) is 11.8 Å². The highest BCUT2D eigenvalue weighted by molar-refractivity contribution is 5.95. The highest BCUT2D eigenvalue weighted by Gasteiger charge is 2.28. The van der Waals surface area contributed by atoms with Gasteiger partial charge in [-0.2, -0.15) is 5.10 Å². The lowest BCUT2D eigenvalue weighted by Gasteiger charge is -2.24. The van der Waals surface area contributed by atoms with Crippen molar-refractivity contribution in [2.75, 3.05) is 18.4 Å². The SMILES string of the molecule is Cc1cc(C(=O)N2Cc3ccnn3C[C@@H](CNc3ncccn3)C2)c(C)o1. The molecule has 1 amide bonds. The number of hydrogen-bond acceptors (Lipinski definition) is 6. The molecule has 0 fully saturated rings. The van der Waals surface area contributed by atoms with E-state index in [1.54, 1.807) is 24.7 Å². The molecule has 4 heterocycles. The van der Waals surface area contributed by atoms with Gasteiger partial charge in [0.15, 0.2) is 0 Å². The number of nitrogens with zero attached hydrogens (tertiary/aromatic N) is 5. The zero-order valence-electron chi connectivity index (χ0n) is 15.4. The maximum absolute atomic E-state index is 13.1. The molecule has 0 aliphatic carbocycles. The minimum Gasteiger partial charge on any atom is -0.466 e. The molecule has 8 heteroatoms. The summed E-state index contributed by atoms with van der Waals surface area (Å²) in [6, 6.07) is 5.55. The molecule has 0 aromatic carbocycles. The van der Waals surface area contributed by atoms with Gasteiger partial charge < -0.3 is 14.6 Å². The molecule has 27 heavy (non-hydrogen) atoms. The van der Waals surface area contributed by atoms with Crippen molar-refractivity contribution in [2.45, 2.75) is 26.9 Å². The summed E-state index contributed by atoms with van der Waals surface area (Å²) in [6.45, 7) is 6.21. The van der Waals surface area contributed by atoms with E-state index in [1.165, 1.54) is 0 Å². The number of anilines is 1. The number of carbonyl (C=O) groups excluding carboxylic acids is 1. The van der Waals surface area contributed by atoms with Gasteiger partial charge in [0.2, 0.25) is 5.95 Å². The van der Waals surface area contributed by atoms with Gasteiger partial charge in [-0.05, 0) is 32.0 Å². The Bertz CT molecular complexity index is 933. The number of nitrogens with one attached hydrogen (secondary N) is 1. The van der Waals surface area contributed by atoms with E-state index in [9.17, 15) is 4.79 Å². The first-order chi connectivity index (χ1) is 13.1. The van der Waals surface area contributed by atoms with Crippen molar-refractivity contribution in [1.29, 1.82) is 0 Å². The van der Waals surface area contributed by atoms with Crippen LogP contribution in [0.3, 0.4) is 0 Å². The van der Waals surface area contributed by atoms with Gasteiger partial charge in [-0.25, -0.2) is 9.97 Å². The van der Waals surface area contributed by atoms with Crippen molar-refractivity contribution in [1.82, 2.24) is 24.6 Å². The van der Waals surface area contributed by atoms with Crippen LogP contribution in [-0.4, -0.2) is 43.6 Å². The van der Waals surface area contributed by atoms with Crippen molar-refractivity contribution in [3.63, 3.8) is 0 Å². The van der Waals surface area contributed by atoms with Crippen molar-refractivity contribution in [2.24, 2.45) is 5.92 Å². The van der Waals surface area contributed by atoms with Crippen LogP contribution >= 0.6 is 0 Å². The minimum absolute atomic E-state index is 0.0139. The summed E-state index contributed by atoms with van der Waals surface area (Å²) in [5.74, 6) is 2.14. The standard InChI is InChI=1S/C19H22N6O2/c1-13-8-17(14(2)27-13)18(26)24-10-15(9-22-19-20-5-3-6-21-19)11-25-16(12-24)4-7-23-25/h3-8,15H,9-12H2,1-2H3,(H,20,21,22)/t15-/m0/s1. The summed E-state index contributed by atoms with van der Waals surface area (Å²) in [4.78, 5) is 23.4. The molecular formula is C19H22N6O2. The van der Waals surface area contributed by atoms with Gasteiger partial charge in [-0.3, -0.25) is 9.48 Å². The molecule has 4 rings (SSSR count). The predicted molar refractivity (Wildman–Crippen MR) is 99.2 cm³/mol. The third kappa shape index (κ3) is 3.69. The number of fused-ring (bicyclic) bond motifs is 1. The number of aryl methyl sites for hydroxylation is 2. The number of hydrogen-bond donors (Lipinski definition) is 1. The smallest absolute Gasteiger partial charge is 0.257 e. The van der Waals surface area contributed by atoms with Crippen molar-refractivity contribution in [3.8, 4) is 0 Å². The van der Waals surface area contributed by atoms with Crippen LogP contribution in [0.25, 0.3) is 0 Å². The van der Waals surface area contributed by atoms with Crippen LogP contribution in [-0.2, 0) is 13.1 Å². The van der Waals surface area contributed by atoms with E-state index in [4.69, 9.17) is 4.42 Å². The van der Waals surface area contributed by atoms with E-state index in [2.05, 4.69) is 20.4 Å². The summed E-state index contributed by atoms with van der Waals surface area (Å²) in [7, 11) is 0. The Labute approximate surface area is 157 Å². The molecule has 1 aliphatic heterocycles. The van der Waals surface area contributed by atoms with E-state index in [0.29, 0.717) is 36.9 Å². The van der Waals surface area contributed by atoms with Crippen molar-refractivity contribution < 1.29 is 9.21 Å². The fourth-order valence-electron chi connectivity index (χ4n) is 3.46. The molecule has 0 spiro atoms. The molecule has 1 aliphatic rings. The van der Waals surface area contributed by atoms with Crippen LogP contribution in [0.15, 0.2) is 41.2 Å². The molecule has 1 atom stereocenters. The van der Waals surface area contributed by atoms with E-state index < -0.39 is 0 Å². The first-order valence-corrected chi connectivity index (χ1v) is 8.98. The van der Waals surface area contributed by atoms with Crippen LogP contribution < -0.4 is 5.32 Å². The molecule has 0 unspecified atom stereocenters. The van der Waals surface area contributed by atoms with Gasteiger partial charge in [0.25, 0.3) is 5.91 Å². The second-order valence-corrected chi connectivity index (χ2v) is 6.84. The van der Waals surface area contributed by atoms with Crippen molar-refractivity contribution >= 4 is 11.9 Å². The molecule has 8 nitrogen and oxygen atoms in total. The number of amides is 1. The predicted octanol–water partition coefficient (Wildman–Crippen LogP) is 2.27. The maximum Gasteiger partial charge on any atom is 0.257 e. The van der Waals surface area contributed by atoms with Crippen LogP contribution in [0, 0.1) is 19.8 Å². The van der Waals surface area contributed by atoms with Gasteiger partial charge in [-0.1, -0.05) is 0 Å². The van der Waals surface area contributed by atoms with Crippen LogP contribution in [0.5, 0.6) is 0 Å². The van der Waals surface area contributed by atoms with Crippen LogP contribution in [0.2, 0.25) is 0 Å². The zero-order valence-corrected chi connectivity index (χ0v) is 15.4. The topological polar surface area (TPSA) is 89.1 Å². The lowest BCUT2D eigenvalue weighted by molar-refractivity contribution is 0.0722. The lowest BCUT2D eigenvalue weighted by atomic mass is 10.1. The number of rotatable bonds is 4. The fourth-order valence-corrected chi connectivity index (χ4v) is 3.46. The molecule has 0 bridgehead atoms. The van der Waals surface area contributed by atoms with Crippen molar-refractivity contribution in [3.05, 3.63) is 59.6 Å². The normalized spacial score (nSPS) is 16.7. The number of carbonyl (C=O) groups is 1. The zero-order chi connectivity index (χ0) is 18.8. The third-order valence-corrected chi connectivity index (χ3v) is 4.74.